The Labute approximate surface area is 174 Å². The number of carbonyl (C=O) groups excluding carboxylic acids is 1. The van der Waals surface area contributed by atoms with Crippen molar-refractivity contribution in [3.05, 3.63) is 77.7 Å². The Bertz CT molecular complexity index is 1040. The molecule has 0 fully saturated rings. The summed E-state index contributed by atoms with van der Waals surface area (Å²) >= 11 is 0. The minimum atomic E-state index is -4.84. The summed E-state index contributed by atoms with van der Waals surface area (Å²) < 4.78 is 59.5. The molecule has 2 aromatic carbocycles. The van der Waals surface area contributed by atoms with E-state index in [1.807, 2.05) is 0 Å². The second-order valence-corrected chi connectivity index (χ2v) is 6.27. The van der Waals surface area contributed by atoms with Gasteiger partial charge in [0.25, 0.3) is 5.91 Å². The van der Waals surface area contributed by atoms with Crippen molar-refractivity contribution < 1.29 is 36.9 Å². The molecule has 1 heterocycles. The van der Waals surface area contributed by atoms with Gasteiger partial charge in [-0.1, -0.05) is 6.07 Å². The number of aromatic nitrogens is 1. The summed E-state index contributed by atoms with van der Waals surface area (Å²) in [5.41, 5.74) is 1.27. The number of nitrogens with zero attached hydrogens (tertiary/aromatic N) is 1. The number of nitrogens with one attached hydrogen (secondary N) is 1. The standard InChI is InChI=1S/C20H15BF4N2O4/c22-14-2-4-15(5-3-14)27-19(28)12-1-8-18(26-10-12)30-11-13-9-16(31-20(23,24)25)6-7-17(13)21-29/h1-10,21,29H,11H2,(H,27,28). The second-order valence-electron chi connectivity index (χ2n) is 6.27. The Kier molecular flexibility index (Phi) is 6.76. The van der Waals surface area contributed by atoms with Gasteiger partial charge in [0.1, 0.15) is 18.2 Å². The molecule has 11 heteroatoms. The number of alkyl halides is 3. The van der Waals surface area contributed by atoms with Crippen LogP contribution in [0.25, 0.3) is 0 Å². The van der Waals surface area contributed by atoms with E-state index in [2.05, 4.69) is 15.0 Å². The number of rotatable bonds is 7. The summed E-state index contributed by atoms with van der Waals surface area (Å²) in [6.07, 6.45) is -3.59. The van der Waals surface area contributed by atoms with Gasteiger partial charge >= 0.3 is 13.8 Å². The summed E-state index contributed by atoms with van der Waals surface area (Å²) in [5.74, 6) is -1.22. The first-order valence-corrected chi connectivity index (χ1v) is 8.88. The van der Waals surface area contributed by atoms with E-state index in [1.54, 1.807) is 0 Å². The van der Waals surface area contributed by atoms with Gasteiger partial charge in [-0.25, -0.2) is 9.37 Å². The highest BCUT2D eigenvalue weighted by molar-refractivity contribution is 6.46. The van der Waals surface area contributed by atoms with Gasteiger partial charge in [0.05, 0.1) is 5.56 Å². The number of amides is 1. The lowest BCUT2D eigenvalue weighted by molar-refractivity contribution is -0.274. The molecule has 160 valence electrons. The number of anilines is 1. The quantitative estimate of drug-likeness (QED) is 0.442. The molecule has 0 aliphatic carbocycles. The zero-order valence-corrected chi connectivity index (χ0v) is 15.8. The molecule has 0 aliphatic rings. The van der Waals surface area contributed by atoms with Gasteiger partial charge < -0.3 is 19.8 Å². The van der Waals surface area contributed by atoms with Gasteiger partial charge in [0.2, 0.25) is 5.88 Å². The monoisotopic (exact) mass is 434 g/mol. The highest BCUT2D eigenvalue weighted by atomic mass is 19.4. The maximum Gasteiger partial charge on any atom is 0.573 e. The second kappa shape index (κ2) is 9.48. The molecule has 0 radical (unpaired) electrons. The van der Waals surface area contributed by atoms with Gasteiger partial charge in [-0.15, -0.1) is 13.2 Å². The molecule has 0 saturated heterocycles. The molecule has 0 unspecified atom stereocenters. The molecule has 1 aromatic heterocycles. The molecule has 0 aliphatic heterocycles. The third kappa shape index (κ3) is 6.44. The minimum absolute atomic E-state index is 0.115. The predicted molar refractivity (Wildman–Crippen MR) is 105 cm³/mol. The van der Waals surface area contributed by atoms with E-state index in [9.17, 15) is 27.4 Å². The van der Waals surface area contributed by atoms with Crippen molar-refractivity contribution in [2.45, 2.75) is 13.0 Å². The number of ether oxygens (including phenoxy) is 2. The number of pyridine rings is 1. The maximum atomic E-state index is 12.9. The Morgan fingerprint density at radius 2 is 1.84 bits per heavy atom. The summed E-state index contributed by atoms with van der Waals surface area (Å²) in [6, 6.07) is 11.6. The first kappa shape index (κ1) is 22.1. The van der Waals surface area contributed by atoms with Crippen molar-refractivity contribution in [1.82, 2.24) is 4.98 Å². The van der Waals surface area contributed by atoms with Crippen molar-refractivity contribution in [2.24, 2.45) is 0 Å². The first-order chi connectivity index (χ1) is 14.7. The fourth-order valence-electron chi connectivity index (χ4n) is 2.58. The molecule has 6 nitrogen and oxygen atoms in total. The van der Waals surface area contributed by atoms with Crippen molar-refractivity contribution in [1.29, 1.82) is 0 Å². The average Bonchev–Trinajstić information content (AvgIpc) is 2.73. The van der Waals surface area contributed by atoms with Crippen LogP contribution in [0, 0.1) is 5.82 Å². The van der Waals surface area contributed by atoms with Crippen LogP contribution in [0.4, 0.5) is 23.2 Å². The van der Waals surface area contributed by atoms with Crippen LogP contribution in [0.2, 0.25) is 0 Å². The molecule has 0 atom stereocenters. The van der Waals surface area contributed by atoms with Crippen molar-refractivity contribution in [3.63, 3.8) is 0 Å². The topological polar surface area (TPSA) is 80.7 Å². The number of benzene rings is 2. The largest absolute Gasteiger partial charge is 0.573 e. The molecular weight excluding hydrogens is 419 g/mol. The van der Waals surface area contributed by atoms with E-state index in [4.69, 9.17) is 4.74 Å². The number of hydrogen-bond donors (Lipinski definition) is 2. The Hall–Kier alpha value is -3.60. The van der Waals surface area contributed by atoms with Crippen molar-refractivity contribution >= 4 is 24.5 Å². The molecule has 0 bridgehead atoms. The smallest absolute Gasteiger partial charge is 0.473 e. The van der Waals surface area contributed by atoms with Crippen LogP contribution < -0.4 is 20.3 Å². The molecule has 2 N–H and O–H groups in total. The highest BCUT2D eigenvalue weighted by Gasteiger charge is 2.31. The van der Waals surface area contributed by atoms with E-state index in [0.717, 1.165) is 12.1 Å². The summed E-state index contributed by atoms with van der Waals surface area (Å²) in [4.78, 5) is 16.2. The molecule has 0 saturated carbocycles. The van der Waals surface area contributed by atoms with E-state index in [1.165, 1.54) is 48.7 Å². The molecule has 3 aromatic rings. The molecule has 31 heavy (non-hydrogen) atoms. The van der Waals surface area contributed by atoms with Crippen LogP contribution in [0.15, 0.2) is 60.8 Å². The fraction of sp³-hybridized carbons (Fsp3) is 0.100. The van der Waals surface area contributed by atoms with Crippen molar-refractivity contribution in [3.8, 4) is 11.6 Å². The van der Waals surface area contributed by atoms with Crippen LogP contribution in [-0.2, 0) is 6.61 Å². The fourth-order valence-corrected chi connectivity index (χ4v) is 2.58. The molecule has 3 rings (SSSR count). The Morgan fingerprint density at radius 3 is 2.45 bits per heavy atom. The van der Waals surface area contributed by atoms with Gasteiger partial charge in [-0.05, 0) is 53.5 Å². The minimum Gasteiger partial charge on any atom is -0.473 e. The van der Waals surface area contributed by atoms with Crippen LogP contribution in [-0.4, -0.2) is 29.8 Å². The Balaban J connectivity index is 1.64. The lowest BCUT2D eigenvalue weighted by Crippen LogP contribution is -2.22. The average molecular weight is 434 g/mol. The molecular formula is C20H15BF4N2O4. The lowest BCUT2D eigenvalue weighted by Gasteiger charge is -2.13. The zero-order chi connectivity index (χ0) is 22.4. The van der Waals surface area contributed by atoms with E-state index in [0.29, 0.717) is 11.2 Å². The van der Waals surface area contributed by atoms with Gasteiger partial charge in [0.15, 0.2) is 0 Å². The number of hydrogen-bond acceptors (Lipinski definition) is 5. The normalized spacial score (nSPS) is 11.0. The van der Waals surface area contributed by atoms with E-state index < -0.39 is 31.3 Å². The third-order valence-corrected chi connectivity index (χ3v) is 4.06. The molecule has 1 amide bonds. The Morgan fingerprint density at radius 1 is 1.10 bits per heavy atom. The summed E-state index contributed by atoms with van der Waals surface area (Å²) in [6.45, 7) is -0.181. The van der Waals surface area contributed by atoms with Crippen LogP contribution in [0.5, 0.6) is 11.6 Å². The zero-order valence-electron chi connectivity index (χ0n) is 15.8. The van der Waals surface area contributed by atoms with Crippen LogP contribution >= 0.6 is 0 Å². The molecule has 0 spiro atoms. The van der Waals surface area contributed by atoms with Gasteiger partial charge in [-0.2, -0.15) is 0 Å². The van der Waals surface area contributed by atoms with Gasteiger partial charge in [-0.3, -0.25) is 4.79 Å². The maximum absolute atomic E-state index is 12.9. The van der Waals surface area contributed by atoms with E-state index >= 15 is 0 Å². The number of halogens is 4. The SMILES string of the molecule is O=C(Nc1ccc(F)cc1)c1ccc(OCc2cc(OC(F)(F)F)ccc2BO)nc1. The van der Waals surface area contributed by atoms with Crippen molar-refractivity contribution in [2.75, 3.05) is 5.32 Å². The summed E-state index contributed by atoms with van der Waals surface area (Å²) in [7, 11) is -0.402. The summed E-state index contributed by atoms with van der Waals surface area (Å²) in [5, 5.41) is 12.0. The van der Waals surface area contributed by atoms with Crippen LogP contribution in [0.3, 0.4) is 0 Å². The lowest BCUT2D eigenvalue weighted by atomic mass is 9.84. The third-order valence-electron chi connectivity index (χ3n) is 4.06. The van der Waals surface area contributed by atoms with Crippen LogP contribution in [0.1, 0.15) is 15.9 Å². The number of carbonyl (C=O) groups is 1. The predicted octanol–water partition coefficient (Wildman–Crippen LogP) is 2.92. The first-order valence-electron chi connectivity index (χ1n) is 8.88. The highest BCUT2D eigenvalue weighted by Crippen LogP contribution is 2.23. The van der Waals surface area contributed by atoms with Gasteiger partial charge in [0, 0.05) is 18.0 Å². The van der Waals surface area contributed by atoms with E-state index in [-0.39, 0.29) is 23.6 Å².